The van der Waals surface area contributed by atoms with E-state index in [1.54, 1.807) is 0 Å². The summed E-state index contributed by atoms with van der Waals surface area (Å²) in [5.74, 6) is 0. The van der Waals surface area contributed by atoms with Crippen molar-refractivity contribution in [3.05, 3.63) is 65.2 Å². The maximum Gasteiger partial charge on any atom is 0.419 e. The molecular formula is C15H4Cl2F9N3O4. The van der Waals surface area contributed by atoms with Gasteiger partial charge in [0.15, 0.2) is 0 Å². The molecule has 0 saturated carbocycles. The van der Waals surface area contributed by atoms with E-state index >= 15 is 0 Å². The molecule has 2 aromatic rings. The topological polar surface area (TPSA) is 98.3 Å². The molecule has 18 heteroatoms. The van der Waals surface area contributed by atoms with Gasteiger partial charge in [0.2, 0.25) is 0 Å². The number of rotatable bonds is 4. The summed E-state index contributed by atoms with van der Waals surface area (Å²) in [5.41, 5.74) is -14.4. The first-order valence-corrected chi connectivity index (χ1v) is 8.49. The zero-order valence-corrected chi connectivity index (χ0v) is 16.4. The van der Waals surface area contributed by atoms with Crippen LogP contribution >= 0.6 is 23.2 Å². The first-order chi connectivity index (χ1) is 14.8. The van der Waals surface area contributed by atoms with E-state index in [0.29, 0.717) is 0 Å². The van der Waals surface area contributed by atoms with Gasteiger partial charge in [0.1, 0.15) is 5.69 Å². The summed E-state index contributed by atoms with van der Waals surface area (Å²) in [6, 6.07) is -0.346. The predicted octanol–water partition coefficient (Wildman–Crippen LogP) is 7.61. The number of nitrogens with zero attached hydrogens (tertiary/aromatic N) is 2. The summed E-state index contributed by atoms with van der Waals surface area (Å²) >= 11 is 10.7. The van der Waals surface area contributed by atoms with Crippen LogP contribution in [-0.4, -0.2) is 9.85 Å². The SMILES string of the molecule is O=[N+]([O-])c1cc([N+](=O)[O-])c(Nc2c(C(F)(F)F)c(Cl)cc(Cl)c2C(F)(F)F)c(C(F)(F)F)c1. The summed E-state index contributed by atoms with van der Waals surface area (Å²) in [6.07, 6.45) is -17.1. The molecule has 0 amide bonds. The number of alkyl halides is 9. The summed E-state index contributed by atoms with van der Waals surface area (Å²) in [4.78, 5) is 18.9. The van der Waals surface area contributed by atoms with Crippen molar-refractivity contribution in [2.24, 2.45) is 0 Å². The number of hydrogen-bond acceptors (Lipinski definition) is 5. The molecule has 0 bridgehead atoms. The molecule has 0 aliphatic heterocycles. The number of hydrogen-bond donors (Lipinski definition) is 1. The highest BCUT2D eigenvalue weighted by atomic mass is 35.5. The average molecular weight is 532 g/mol. The van der Waals surface area contributed by atoms with Crippen molar-refractivity contribution in [2.45, 2.75) is 18.5 Å². The van der Waals surface area contributed by atoms with Crippen molar-refractivity contribution in [1.29, 1.82) is 0 Å². The Kier molecular flexibility index (Phi) is 6.68. The number of halogens is 11. The summed E-state index contributed by atoms with van der Waals surface area (Å²) < 4.78 is 121. The highest BCUT2D eigenvalue weighted by Gasteiger charge is 2.46. The minimum Gasteiger partial charge on any atom is -0.348 e. The van der Waals surface area contributed by atoms with E-state index in [1.807, 2.05) is 0 Å². The number of nitro benzene ring substituents is 2. The van der Waals surface area contributed by atoms with Crippen molar-refractivity contribution in [3.8, 4) is 0 Å². The number of nitro groups is 2. The third-order valence-electron chi connectivity index (χ3n) is 3.86. The molecule has 0 fully saturated rings. The van der Waals surface area contributed by atoms with Gasteiger partial charge in [-0.25, -0.2) is 0 Å². The molecule has 180 valence electrons. The fraction of sp³-hybridized carbons (Fsp3) is 0.200. The van der Waals surface area contributed by atoms with Crippen LogP contribution in [0.15, 0.2) is 18.2 Å². The van der Waals surface area contributed by atoms with E-state index in [2.05, 4.69) is 0 Å². The summed E-state index contributed by atoms with van der Waals surface area (Å²) in [7, 11) is 0. The minimum atomic E-state index is -5.71. The molecular weight excluding hydrogens is 528 g/mol. The molecule has 0 radical (unpaired) electrons. The average Bonchev–Trinajstić information content (AvgIpc) is 2.57. The van der Waals surface area contributed by atoms with Gasteiger partial charge in [-0.2, -0.15) is 39.5 Å². The van der Waals surface area contributed by atoms with Crippen LogP contribution in [-0.2, 0) is 18.5 Å². The Balaban J connectivity index is 3.07. The van der Waals surface area contributed by atoms with Gasteiger partial charge in [-0.05, 0) is 6.07 Å². The Morgan fingerprint density at radius 3 is 1.48 bits per heavy atom. The first kappa shape index (κ1) is 26.2. The fourth-order valence-corrected chi connectivity index (χ4v) is 3.32. The van der Waals surface area contributed by atoms with E-state index in [1.165, 1.54) is 0 Å². The molecule has 0 spiro atoms. The molecule has 1 N–H and O–H groups in total. The van der Waals surface area contributed by atoms with Crippen LogP contribution in [0.5, 0.6) is 0 Å². The molecule has 33 heavy (non-hydrogen) atoms. The highest BCUT2D eigenvalue weighted by molar-refractivity contribution is 6.36. The molecule has 0 aliphatic carbocycles. The molecule has 0 heterocycles. The second kappa shape index (κ2) is 8.40. The Morgan fingerprint density at radius 1 is 0.697 bits per heavy atom. The molecule has 0 aromatic heterocycles. The molecule has 0 saturated heterocycles. The van der Waals surface area contributed by atoms with Gasteiger partial charge < -0.3 is 5.32 Å². The van der Waals surface area contributed by atoms with E-state index in [4.69, 9.17) is 23.2 Å². The maximum absolute atomic E-state index is 13.5. The van der Waals surface area contributed by atoms with Crippen LogP contribution < -0.4 is 5.32 Å². The van der Waals surface area contributed by atoms with Crippen molar-refractivity contribution in [1.82, 2.24) is 0 Å². The van der Waals surface area contributed by atoms with Crippen LogP contribution in [0.2, 0.25) is 10.0 Å². The van der Waals surface area contributed by atoms with E-state index in [-0.39, 0.29) is 18.2 Å². The fourth-order valence-electron chi connectivity index (χ4n) is 2.64. The first-order valence-electron chi connectivity index (χ1n) is 7.74. The van der Waals surface area contributed by atoms with Gasteiger partial charge in [0.05, 0.1) is 48.3 Å². The molecule has 0 atom stereocenters. The number of benzene rings is 2. The van der Waals surface area contributed by atoms with E-state index in [0.717, 1.165) is 5.32 Å². The third kappa shape index (κ3) is 5.32. The van der Waals surface area contributed by atoms with Crippen molar-refractivity contribution < 1.29 is 49.4 Å². The third-order valence-corrected chi connectivity index (χ3v) is 4.46. The summed E-state index contributed by atoms with van der Waals surface area (Å²) in [5, 5.41) is 20.3. The Labute approximate surface area is 185 Å². The summed E-state index contributed by atoms with van der Waals surface area (Å²) in [6.45, 7) is 0. The Morgan fingerprint density at radius 2 is 1.15 bits per heavy atom. The van der Waals surface area contributed by atoms with Crippen LogP contribution in [0.4, 0.5) is 62.3 Å². The lowest BCUT2D eigenvalue weighted by molar-refractivity contribution is -0.394. The van der Waals surface area contributed by atoms with Gasteiger partial charge in [-0.15, -0.1) is 0 Å². The van der Waals surface area contributed by atoms with Crippen LogP contribution in [0.1, 0.15) is 16.7 Å². The number of nitrogens with one attached hydrogen (secondary N) is 1. The Hall–Kier alpha value is -3.01. The molecule has 0 unspecified atom stereocenters. The zero-order valence-electron chi connectivity index (χ0n) is 14.9. The van der Waals surface area contributed by atoms with Crippen molar-refractivity contribution in [3.63, 3.8) is 0 Å². The standard InChI is InChI=1S/C15H4Cl2F9N3O4/c16-6-3-7(17)10(15(24,25)26)12(9(6)14(21,22)23)27-11-5(13(18,19)20)1-4(28(30)31)2-8(11)29(32)33/h1-3,27H. The van der Waals surface area contributed by atoms with Gasteiger partial charge in [0, 0.05) is 6.07 Å². The molecule has 2 rings (SSSR count). The van der Waals surface area contributed by atoms with E-state index < -0.39 is 77.9 Å². The van der Waals surface area contributed by atoms with Crippen LogP contribution in [0, 0.1) is 20.2 Å². The van der Waals surface area contributed by atoms with Gasteiger partial charge >= 0.3 is 18.5 Å². The number of anilines is 2. The van der Waals surface area contributed by atoms with Crippen LogP contribution in [0.25, 0.3) is 0 Å². The molecule has 2 aromatic carbocycles. The quantitative estimate of drug-likeness (QED) is 0.248. The largest absolute Gasteiger partial charge is 0.419 e. The minimum absolute atomic E-state index is 0.0366. The maximum atomic E-state index is 13.5. The number of non-ortho nitro benzene ring substituents is 1. The highest BCUT2D eigenvalue weighted by Crippen LogP contribution is 2.52. The second-order valence-corrected chi connectivity index (χ2v) is 6.80. The molecule has 0 aliphatic rings. The normalized spacial score (nSPS) is 12.6. The smallest absolute Gasteiger partial charge is 0.348 e. The Bertz CT molecular complexity index is 1110. The monoisotopic (exact) mass is 531 g/mol. The second-order valence-electron chi connectivity index (χ2n) is 5.99. The lowest BCUT2D eigenvalue weighted by atomic mass is 10.0. The van der Waals surface area contributed by atoms with E-state index in [9.17, 15) is 59.7 Å². The predicted molar refractivity (Wildman–Crippen MR) is 94.5 cm³/mol. The van der Waals surface area contributed by atoms with Gasteiger partial charge in [-0.1, -0.05) is 23.2 Å². The van der Waals surface area contributed by atoms with Crippen molar-refractivity contribution >= 4 is 46.0 Å². The lowest BCUT2D eigenvalue weighted by Crippen LogP contribution is -2.19. The van der Waals surface area contributed by atoms with Gasteiger partial charge in [-0.3, -0.25) is 20.2 Å². The van der Waals surface area contributed by atoms with Crippen molar-refractivity contribution in [2.75, 3.05) is 5.32 Å². The lowest BCUT2D eigenvalue weighted by Gasteiger charge is -2.23. The van der Waals surface area contributed by atoms with Gasteiger partial charge in [0.25, 0.3) is 11.4 Å². The zero-order chi connectivity index (χ0) is 25.7. The molecule has 7 nitrogen and oxygen atoms in total. The van der Waals surface area contributed by atoms with Crippen LogP contribution in [0.3, 0.4) is 0 Å².